The lowest BCUT2D eigenvalue weighted by Crippen LogP contribution is -2.43. The van der Waals surface area contributed by atoms with Crippen molar-refractivity contribution < 1.29 is 19.7 Å². The molecule has 152 valence electrons. The highest BCUT2D eigenvalue weighted by atomic mass is 16.5. The monoisotopic (exact) mass is 386 g/mol. The van der Waals surface area contributed by atoms with Crippen LogP contribution in [0.25, 0.3) is 0 Å². The molecule has 1 aromatic heterocycles. The number of hydrogen-bond acceptors (Lipinski definition) is 5. The van der Waals surface area contributed by atoms with Crippen molar-refractivity contribution in [3.05, 3.63) is 59.9 Å². The van der Waals surface area contributed by atoms with Crippen LogP contribution in [-0.2, 0) is 5.60 Å². The van der Waals surface area contributed by atoms with E-state index in [1.165, 1.54) is 24.9 Å². The minimum atomic E-state index is -0.942. The Kier molecular flexibility index (Phi) is 7.96. The normalized spacial score (nSPS) is 21.5. The van der Waals surface area contributed by atoms with Crippen molar-refractivity contribution in [2.24, 2.45) is 5.92 Å². The van der Waals surface area contributed by atoms with E-state index in [2.05, 4.69) is 24.0 Å². The summed E-state index contributed by atoms with van der Waals surface area (Å²) in [6, 6.07) is 11.0. The standard InChI is InChI=1S/C16H25NO2.C6H5NO2/c1-17(2)12-14-7-4-5-10-16(14,18)13-8-6-9-15(11-13)19-3;8-6(9)5-2-1-3-7-4-5/h6,8-9,11,14,18H,4-5,7,10,12H2,1-3H3;1-4H,(H,8,9)/t14-,16+;/m1./s1. The molecule has 1 saturated carbocycles. The topological polar surface area (TPSA) is 82.9 Å². The van der Waals surface area contributed by atoms with E-state index >= 15 is 0 Å². The van der Waals surface area contributed by atoms with Crippen molar-refractivity contribution >= 4 is 5.97 Å². The molecule has 2 N–H and O–H groups in total. The molecule has 0 bridgehead atoms. The molecule has 0 saturated heterocycles. The summed E-state index contributed by atoms with van der Waals surface area (Å²) >= 11 is 0. The zero-order valence-electron chi connectivity index (χ0n) is 16.8. The van der Waals surface area contributed by atoms with Crippen LogP contribution < -0.4 is 4.74 Å². The van der Waals surface area contributed by atoms with Gasteiger partial charge in [-0.15, -0.1) is 0 Å². The lowest BCUT2D eigenvalue weighted by Gasteiger charge is -2.41. The first-order valence-electron chi connectivity index (χ1n) is 9.51. The van der Waals surface area contributed by atoms with Gasteiger partial charge >= 0.3 is 5.97 Å². The van der Waals surface area contributed by atoms with Crippen LogP contribution >= 0.6 is 0 Å². The van der Waals surface area contributed by atoms with Gasteiger partial charge in [-0.05, 0) is 56.8 Å². The van der Waals surface area contributed by atoms with Gasteiger partial charge < -0.3 is 19.8 Å². The molecule has 0 aliphatic heterocycles. The fourth-order valence-corrected chi connectivity index (χ4v) is 3.67. The summed E-state index contributed by atoms with van der Waals surface area (Å²) in [6.07, 6.45) is 7.09. The van der Waals surface area contributed by atoms with E-state index in [1.807, 2.05) is 24.3 Å². The zero-order chi connectivity index (χ0) is 20.6. The van der Waals surface area contributed by atoms with Gasteiger partial charge in [-0.25, -0.2) is 4.79 Å². The van der Waals surface area contributed by atoms with Crippen LogP contribution in [0, 0.1) is 5.92 Å². The number of aliphatic hydroxyl groups is 1. The van der Waals surface area contributed by atoms with E-state index in [1.54, 1.807) is 13.2 Å². The molecular weight excluding hydrogens is 356 g/mol. The summed E-state index contributed by atoms with van der Waals surface area (Å²) in [4.78, 5) is 16.0. The molecule has 1 fully saturated rings. The second-order valence-electron chi connectivity index (χ2n) is 7.41. The third-order valence-corrected chi connectivity index (χ3v) is 5.10. The number of benzene rings is 1. The van der Waals surface area contributed by atoms with E-state index in [9.17, 15) is 9.90 Å². The van der Waals surface area contributed by atoms with Gasteiger partial charge in [0.2, 0.25) is 0 Å². The Hall–Kier alpha value is -2.44. The van der Waals surface area contributed by atoms with Crippen molar-refractivity contribution in [3.63, 3.8) is 0 Å². The molecule has 1 aliphatic carbocycles. The summed E-state index contributed by atoms with van der Waals surface area (Å²) < 4.78 is 5.29. The maximum Gasteiger partial charge on any atom is 0.337 e. The molecule has 0 amide bonds. The van der Waals surface area contributed by atoms with Gasteiger partial charge in [-0.3, -0.25) is 4.98 Å². The van der Waals surface area contributed by atoms with E-state index in [0.29, 0.717) is 5.92 Å². The van der Waals surface area contributed by atoms with Gasteiger partial charge in [0.15, 0.2) is 0 Å². The zero-order valence-corrected chi connectivity index (χ0v) is 16.8. The number of hydrogen-bond donors (Lipinski definition) is 2. The molecule has 1 heterocycles. The second kappa shape index (κ2) is 10.2. The third kappa shape index (κ3) is 5.78. The largest absolute Gasteiger partial charge is 0.497 e. The van der Waals surface area contributed by atoms with Crippen LogP contribution in [-0.4, -0.2) is 53.8 Å². The molecule has 2 aromatic rings. The van der Waals surface area contributed by atoms with Gasteiger partial charge in [-0.2, -0.15) is 0 Å². The van der Waals surface area contributed by atoms with Crippen LogP contribution in [0.4, 0.5) is 0 Å². The maximum atomic E-state index is 11.2. The van der Waals surface area contributed by atoms with E-state index < -0.39 is 11.6 Å². The van der Waals surface area contributed by atoms with Gasteiger partial charge in [0.25, 0.3) is 0 Å². The Bertz CT molecular complexity index is 751. The first kappa shape index (κ1) is 21.9. The molecular formula is C22H30N2O4. The molecule has 0 unspecified atom stereocenters. The number of ether oxygens (including phenoxy) is 1. The van der Waals surface area contributed by atoms with Crippen LogP contribution in [0.5, 0.6) is 5.75 Å². The Morgan fingerprint density at radius 2 is 2.07 bits per heavy atom. The summed E-state index contributed by atoms with van der Waals surface area (Å²) in [5, 5.41) is 19.5. The highest BCUT2D eigenvalue weighted by molar-refractivity contribution is 5.86. The Labute approximate surface area is 166 Å². The number of aromatic carboxylic acids is 1. The molecule has 28 heavy (non-hydrogen) atoms. The van der Waals surface area contributed by atoms with Crippen molar-refractivity contribution in [2.75, 3.05) is 27.7 Å². The van der Waals surface area contributed by atoms with Gasteiger partial charge in [-0.1, -0.05) is 25.0 Å². The Balaban J connectivity index is 0.000000261. The predicted octanol–water partition coefficient (Wildman–Crippen LogP) is 3.41. The number of carboxylic acid groups (broad SMARTS) is 1. The SMILES string of the molecule is COc1cccc([C@@]2(O)CCCC[C@@H]2CN(C)C)c1.O=C(O)c1cccnc1. The number of methoxy groups -OCH3 is 1. The minimum Gasteiger partial charge on any atom is -0.497 e. The van der Waals surface area contributed by atoms with Crippen LogP contribution in [0.15, 0.2) is 48.8 Å². The van der Waals surface area contributed by atoms with Crippen LogP contribution in [0.2, 0.25) is 0 Å². The summed E-state index contributed by atoms with van der Waals surface area (Å²) in [5.41, 5.74) is 0.507. The fourth-order valence-electron chi connectivity index (χ4n) is 3.67. The van der Waals surface area contributed by atoms with Crippen LogP contribution in [0.1, 0.15) is 41.6 Å². The number of aromatic nitrogens is 1. The number of pyridine rings is 1. The Morgan fingerprint density at radius 1 is 1.29 bits per heavy atom. The number of carbonyl (C=O) groups is 1. The lowest BCUT2D eigenvalue weighted by atomic mass is 9.71. The first-order valence-corrected chi connectivity index (χ1v) is 9.51. The third-order valence-electron chi connectivity index (χ3n) is 5.10. The number of rotatable bonds is 5. The first-order chi connectivity index (χ1) is 13.4. The van der Waals surface area contributed by atoms with Gasteiger partial charge in [0.1, 0.15) is 5.75 Å². The smallest absolute Gasteiger partial charge is 0.337 e. The molecule has 1 aromatic carbocycles. The van der Waals surface area contributed by atoms with Crippen molar-refractivity contribution in [2.45, 2.75) is 31.3 Å². The quantitative estimate of drug-likeness (QED) is 0.819. The molecule has 3 rings (SSSR count). The molecule has 6 heteroatoms. The fraction of sp³-hybridized carbons (Fsp3) is 0.455. The second-order valence-corrected chi connectivity index (χ2v) is 7.41. The van der Waals surface area contributed by atoms with E-state index in [-0.39, 0.29) is 5.56 Å². The average Bonchev–Trinajstić information content (AvgIpc) is 2.70. The Morgan fingerprint density at radius 3 is 2.64 bits per heavy atom. The maximum absolute atomic E-state index is 11.2. The molecule has 1 aliphatic rings. The van der Waals surface area contributed by atoms with Gasteiger partial charge in [0, 0.05) is 24.9 Å². The minimum absolute atomic E-state index is 0.220. The highest BCUT2D eigenvalue weighted by Gasteiger charge is 2.40. The van der Waals surface area contributed by atoms with Gasteiger partial charge in [0.05, 0.1) is 18.3 Å². The lowest BCUT2D eigenvalue weighted by molar-refractivity contribution is -0.0619. The van der Waals surface area contributed by atoms with Crippen LogP contribution in [0.3, 0.4) is 0 Å². The molecule has 6 nitrogen and oxygen atoms in total. The molecule has 2 atom stereocenters. The number of carboxylic acids is 1. The summed E-state index contributed by atoms with van der Waals surface area (Å²) in [6.45, 7) is 0.924. The summed E-state index contributed by atoms with van der Waals surface area (Å²) in [5.74, 6) is 0.173. The van der Waals surface area contributed by atoms with Crippen molar-refractivity contribution in [3.8, 4) is 5.75 Å². The average molecular weight is 386 g/mol. The predicted molar refractivity (Wildman–Crippen MR) is 109 cm³/mol. The van der Waals surface area contributed by atoms with E-state index in [4.69, 9.17) is 9.84 Å². The van der Waals surface area contributed by atoms with E-state index in [0.717, 1.165) is 37.1 Å². The highest BCUT2D eigenvalue weighted by Crippen LogP contribution is 2.42. The number of nitrogens with zero attached hydrogens (tertiary/aromatic N) is 2. The van der Waals surface area contributed by atoms with Crippen molar-refractivity contribution in [1.82, 2.24) is 9.88 Å². The molecule has 0 radical (unpaired) electrons. The van der Waals surface area contributed by atoms with Crippen molar-refractivity contribution in [1.29, 1.82) is 0 Å². The molecule has 0 spiro atoms. The summed E-state index contributed by atoms with van der Waals surface area (Å²) in [7, 11) is 5.81.